The lowest BCUT2D eigenvalue weighted by Crippen LogP contribution is -2.13. The van der Waals surface area contributed by atoms with Gasteiger partial charge < -0.3 is 14.8 Å². The molecule has 160 valence electrons. The lowest BCUT2D eigenvalue weighted by molar-refractivity contribution is -0.112. The zero-order valence-electron chi connectivity index (χ0n) is 17.2. The molecule has 0 fully saturated rings. The monoisotopic (exact) mass is 430 g/mol. The molecule has 0 aliphatic heterocycles. The number of anilines is 1. The van der Waals surface area contributed by atoms with Crippen LogP contribution in [0.2, 0.25) is 0 Å². The van der Waals surface area contributed by atoms with Crippen LogP contribution in [-0.4, -0.2) is 19.0 Å². The van der Waals surface area contributed by atoms with Crippen molar-refractivity contribution in [2.24, 2.45) is 0 Å². The molecule has 0 atom stereocenters. The summed E-state index contributed by atoms with van der Waals surface area (Å²) in [7, 11) is 1.28. The number of rotatable bonds is 7. The van der Waals surface area contributed by atoms with Crippen molar-refractivity contribution in [1.29, 1.82) is 5.26 Å². The highest BCUT2D eigenvalue weighted by Gasteiger charge is 2.12. The van der Waals surface area contributed by atoms with Crippen LogP contribution in [-0.2, 0) is 16.1 Å². The first kappa shape index (κ1) is 22.2. The van der Waals surface area contributed by atoms with Crippen LogP contribution in [0.5, 0.6) is 5.75 Å². The van der Waals surface area contributed by atoms with Gasteiger partial charge in [-0.25, -0.2) is 9.18 Å². The van der Waals surface area contributed by atoms with Crippen LogP contribution in [0.25, 0.3) is 6.08 Å². The Hall–Kier alpha value is -4.44. The van der Waals surface area contributed by atoms with Crippen LogP contribution in [0.3, 0.4) is 0 Å². The summed E-state index contributed by atoms with van der Waals surface area (Å²) >= 11 is 0. The predicted octanol–water partition coefficient (Wildman–Crippen LogP) is 4.74. The zero-order valence-corrected chi connectivity index (χ0v) is 17.2. The number of carbonyl (C=O) groups excluding carboxylic acids is 2. The number of hydrogen-bond donors (Lipinski definition) is 1. The Morgan fingerprint density at radius 3 is 2.50 bits per heavy atom. The number of nitrogens with one attached hydrogen (secondary N) is 1. The van der Waals surface area contributed by atoms with Crippen molar-refractivity contribution in [3.8, 4) is 11.8 Å². The number of benzene rings is 3. The molecule has 0 bridgehead atoms. The minimum Gasteiger partial charge on any atom is -0.488 e. The van der Waals surface area contributed by atoms with E-state index in [9.17, 15) is 19.2 Å². The second-order valence-corrected chi connectivity index (χ2v) is 6.65. The number of amides is 1. The van der Waals surface area contributed by atoms with Crippen molar-refractivity contribution in [3.63, 3.8) is 0 Å². The summed E-state index contributed by atoms with van der Waals surface area (Å²) in [6.45, 7) is 0.128. The summed E-state index contributed by atoms with van der Waals surface area (Å²) < 4.78 is 23.8. The van der Waals surface area contributed by atoms with Gasteiger partial charge in [0.15, 0.2) is 0 Å². The third kappa shape index (κ3) is 5.80. The smallest absolute Gasteiger partial charge is 0.337 e. The van der Waals surface area contributed by atoms with Crippen molar-refractivity contribution in [1.82, 2.24) is 0 Å². The molecule has 1 amide bonds. The minimum absolute atomic E-state index is 0.128. The SMILES string of the molecule is COC(=O)c1ccc(NC(=O)/C(C#N)=C/c2ccccc2OCc2cccc(F)c2)cc1. The summed E-state index contributed by atoms with van der Waals surface area (Å²) in [5, 5.41) is 12.1. The molecule has 0 saturated heterocycles. The molecule has 6 nitrogen and oxygen atoms in total. The number of hydrogen-bond acceptors (Lipinski definition) is 5. The predicted molar refractivity (Wildman–Crippen MR) is 117 cm³/mol. The number of esters is 1. The minimum atomic E-state index is -0.613. The molecule has 0 radical (unpaired) electrons. The number of carbonyl (C=O) groups is 2. The van der Waals surface area contributed by atoms with Crippen LogP contribution in [0, 0.1) is 17.1 Å². The Bertz CT molecular complexity index is 1200. The van der Waals surface area contributed by atoms with Gasteiger partial charge >= 0.3 is 5.97 Å². The van der Waals surface area contributed by atoms with E-state index in [2.05, 4.69) is 10.1 Å². The van der Waals surface area contributed by atoms with Crippen LogP contribution in [0.1, 0.15) is 21.5 Å². The van der Waals surface area contributed by atoms with E-state index in [0.717, 1.165) is 0 Å². The highest BCUT2D eigenvalue weighted by atomic mass is 19.1. The molecule has 0 spiro atoms. The molecule has 0 aliphatic carbocycles. The lowest BCUT2D eigenvalue weighted by Gasteiger charge is -2.10. The number of nitrogens with zero attached hydrogens (tertiary/aromatic N) is 1. The van der Waals surface area contributed by atoms with E-state index >= 15 is 0 Å². The molecule has 0 saturated carbocycles. The molecule has 7 heteroatoms. The third-order valence-corrected chi connectivity index (χ3v) is 4.43. The van der Waals surface area contributed by atoms with Crippen molar-refractivity contribution >= 4 is 23.6 Å². The van der Waals surface area contributed by atoms with Gasteiger partial charge in [0.05, 0.1) is 12.7 Å². The average molecular weight is 430 g/mol. The van der Waals surface area contributed by atoms with Crippen LogP contribution in [0.15, 0.2) is 78.4 Å². The Morgan fingerprint density at radius 2 is 1.81 bits per heavy atom. The maximum absolute atomic E-state index is 13.4. The van der Waals surface area contributed by atoms with Crippen LogP contribution >= 0.6 is 0 Å². The van der Waals surface area contributed by atoms with E-state index in [1.807, 2.05) is 6.07 Å². The van der Waals surface area contributed by atoms with Crippen molar-refractivity contribution < 1.29 is 23.5 Å². The first-order chi connectivity index (χ1) is 15.5. The highest BCUT2D eigenvalue weighted by Crippen LogP contribution is 2.23. The van der Waals surface area contributed by atoms with E-state index in [-0.39, 0.29) is 18.0 Å². The Balaban J connectivity index is 1.75. The zero-order chi connectivity index (χ0) is 22.9. The van der Waals surface area contributed by atoms with Crippen LogP contribution < -0.4 is 10.1 Å². The summed E-state index contributed by atoms with van der Waals surface area (Å²) in [6, 6.07) is 20.9. The van der Waals surface area contributed by atoms with E-state index < -0.39 is 11.9 Å². The quantitative estimate of drug-likeness (QED) is 0.332. The fourth-order valence-electron chi connectivity index (χ4n) is 2.83. The topological polar surface area (TPSA) is 88.4 Å². The second kappa shape index (κ2) is 10.5. The van der Waals surface area contributed by atoms with Gasteiger partial charge in [-0.05, 0) is 54.1 Å². The molecular formula is C25H19FN2O4. The number of methoxy groups -OCH3 is 1. The number of halogens is 1. The summed E-state index contributed by atoms with van der Waals surface area (Å²) in [6.07, 6.45) is 1.42. The highest BCUT2D eigenvalue weighted by molar-refractivity contribution is 6.10. The number of nitriles is 1. The molecular weight excluding hydrogens is 411 g/mol. The lowest BCUT2D eigenvalue weighted by atomic mass is 10.1. The normalized spacial score (nSPS) is 10.7. The fourth-order valence-corrected chi connectivity index (χ4v) is 2.83. The molecule has 3 aromatic rings. The summed E-state index contributed by atoms with van der Waals surface area (Å²) in [5.41, 5.74) is 1.79. The van der Waals surface area contributed by atoms with E-state index in [4.69, 9.17) is 4.74 Å². The Kier molecular flexibility index (Phi) is 7.33. The van der Waals surface area contributed by atoms with E-state index in [1.54, 1.807) is 36.4 Å². The third-order valence-electron chi connectivity index (χ3n) is 4.43. The number of ether oxygens (including phenoxy) is 2. The van der Waals surface area contributed by atoms with Gasteiger partial charge in [0.25, 0.3) is 5.91 Å². The Labute approximate surface area is 184 Å². The van der Waals surface area contributed by atoms with Gasteiger partial charge in [-0.1, -0.05) is 30.3 Å². The molecule has 0 aromatic heterocycles. The molecule has 1 N–H and O–H groups in total. The molecule has 0 heterocycles. The van der Waals surface area contributed by atoms with Crippen molar-refractivity contribution in [3.05, 3.63) is 101 Å². The maximum Gasteiger partial charge on any atom is 0.337 e. The largest absolute Gasteiger partial charge is 0.488 e. The van der Waals surface area contributed by atoms with E-state index in [0.29, 0.717) is 28.1 Å². The molecule has 0 aliphatic rings. The first-order valence-electron chi connectivity index (χ1n) is 9.58. The van der Waals surface area contributed by atoms with Gasteiger partial charge in [0.1, 0.15) is 29.8 Å². The molecule has 32 heavy (non-hydrogen) atoms. The van der Waals surface area contributed by atoms with Gasteiger partial charge in [0.2, 0.25) is 0 Å². The van der Waals surface area contributed by atoms with E-state index in [1.165, 1.54) is 49.6 Å². The first-order valence-corrected chi connectivity index (χ1v) is 9.58. The molecule has 3 aromatic carbocycles. The van der Waals surface area contributed by atoms with Crippen LogP contribution in [0.4, 0.5) is 10.1 Å². The standard InChI is InChI=1S/C25H19FN2O4/c1-31-25(30)18-9-11-22(12-10-18)28-24(29)20(15-27)14-19-6-2-3-8-23(19)32-16-17-5-4-7-21(26)13-17/h2-14H,16H2,1H3,(H,28,29)/b20-14+. The van der Waals surface area contributed by atoms with Gasteiger partial charge in [-0.3, -0.25) is 4.79 Å². The Morgan fingerprint density at radius 1 is 1.06 bits per heavy atom. The summed E-state index contributed by atoms with van der Waals surface area (Å²) in [5.74, 6) is -1.02. The summed E-state index contributed by atoms with van der Waals surface area (Å²) in [4.78, 5) is 24.1. The van der Waals surface area contributed by atoms with Gasteiger partial charge in [-0.15, -0.1) is 0 Å². The molecule has 0 unspecified atom stereocenters. The fraction of sp³-hybridized carbons (Fsp3) is 0.0800. The van der Waals surface area contributed by atoms with Gasteiger partial charge in [0, 0.05) is 11.3 Å². The second-order valence-electron chi connectivity index (χ2n) is 6.65. The number of para-hydroxylation sites is 1. The van der Waals surface area contributed by atoms with Gasteiger partial charge in [-0.2, -0.15) is 5.26 Å². The maximum atomic E-state index is 13.4. The van der Waals surface area contributed by atoms with Crippen molar-refractivity contribution in [2.75, 3.05) is 12.4 Å². The average Bonchev–Trinajstić information content (AvgIpc) is 2.81. The molecule has 3 rings (SSSR count). The van der Waals surface area contributed by atoms with Crippen molar-refractivity contribution in [2.45, 2.75) is 6.61 Å².